The number of rotatable bonds is 3. The second kappa shape index (κ2) is 2.72. The van der Waals surface area contributed by atoms with E-state index in [0.29, 0.717) is 11.1 Å². The van der Waals surface area contributed by atoms with Crippen molar-refractivity contribution in [3.63, 3.8) is 0 Å². The zero-order valence-electron chi connectivity index (χ0n) is 8.41. The van der Waals surface area contributed by atoms with Gasteiger partial charge in [0.1, 0.15) is 5.69 Å². The fraction of sp³-hybridized carbons (Fsp3) is 0.700. The van der Waals surface area contributed by atoms with E-state index < -0.39 is 0 Å². The zero-order chi connectivity index (χ0) is 10.6. The quantitative estimate of drug-likeness (QED) is 0.779. The lowest BCUT2D eigenvalue weighted by molar-refractivity contribution is 0.270. The molecule has 1 spiro atoms. The Morgan fingerprint density at radius 2 is 2.33 bits per heavy atom. The monoisotopic (exact) mass is 211 g/mol. The summed E-state index contributed by atoms with van der Waals surface area (Å²) in [5.74, 6) is -0.0429. The van der Waals surface area contributed by atoms with Gasteiger partial charge in [0.05, 0.1) is 13.2 Å². The van der Waals surface area contributed by atoms with Gasteiger partial charge in [0.25, 0.3) is 0 Å². The fourth-order valence-electron chi connectivity index (χ4n) is 2.41. The molecule has 2 aliphatic carbocycles. The Labute approximate surface area is 86.9 Å². The van der Waals surface area contributed by atoms with Gasteiger partial charge in [0.15, 0.2) is 11.6 Å². The molecule has 0 radical (unpaired) electrons. The molecule has 5 heteroatoms. The summed E-state index contributed by atoms with van der Waals surface area (Å²) in [4.78, 5) is 0. The summed E-state index contributed by atoms with van der Waals surface area (Å²) in [6.45, 7) is 0.197. The summed E-state index contributed by atoms with van der Waals surface area (Å²) in [7, 11) is 0. The minimum Gasteiger partial charge on any atom is -0.394 e. The molecule has 0 bridgehead atoms. The molecule has 3 N–H and O–H groups in total. The van der Waals surface area contributed by atoms with Crippen LogP contribution in [0.4, 0.5) is 10.2 Å². The molecule has 1 unspecified atom stereocenters. The highest BCUT2D eigenvalue weighted by Crippen LogP contribution is 2.75. The summed E-state index contributed by atoms with van der Waals surface area (Å²) in [6.07, 6.45) is 3.45. The minimum absolute atomic E-state index is 0.0572. The smallest absolute Gasteiger partial charge is 0.188 e. The Morgan fingerprint density at radius 1 is 1.60 bits per heavy atom. The van der Waals surface area contributed by atoms with Crippen LogP contribution >= 0.6 is 0 Å². The predicted octanol–water partition coefficient (Wildman–Crippen LogP) is 0.864. The zero-order valence-corrected chi connectivity index (χ0v) is 8.41. The van der Waals surface area contributed by atoms with E-state index in [4.69, 9.17) is 10.8 Å². The van der Waals surface area contributed by atoms with Gasteiger partial charge in [0, 0.05) is 5.92 Å². The maximum atomic E-state index is 13.7. The van der Waals surface area contributed by atoms with Crippen molar-refractivity contribution in [2.75, 3.05) is 12.3 Å². The number of hydrogen-bond acceptors (Lipinski definition) is 3. The topological polar surface area (TPSA) is 64.1 Å². The largest absolute Gasteiger partial charge is 0.394 e. The number of nitrogens with zero attached hydrogens (tertiary/aromatic N) is 2. The molecule has 15 heavy (non-hydrogen) atoms. The lowest BCUT2D eigenvalue weighted by Crippen LogP contribution is -2.08. The number of halogens is 1. The Kier molecular flexibility index (Phi) is 1.66. The molecule has 1 heterocycles. The molecule has 2 saturated carbocycles. The van der Waals surface area contributed by atoms with Crippen molar-refractivity contribution in [3.05, 3.63) is 11.5 Å². The van der Waals surface area contributed by atoms with Gasteiger partial charge in [-0.25, -0.2) is 9.07 Å². The van der Waals surface area contributed by atoms with Crippen LogP contribution in [-0.4, -0.2) is 21.5 Å². The van der Waals surface area contributed by atoms with E-state index >= 15 is 0 Å². The first kappa shape index (κ1) is 9.15. The van der Waals surface area contributed by atoms with Crippen LogP contribution in [-0.2, 0) is 6.54 Å². The molecule has 0 saturated heterocycles. The van der Waals surface area contributed by atoms with E-state index in [1.165, 1.54) is 17.5 Å². The number of nitrogens with two attached hydrogens (primary N) is 1. The summed E-state index contributed by atoms with van der Waals surface area (Å²) in [6, 6.07) is 0. The van der Waals surface area contributed by atoms with Crippen molar-refractivity contribution in [2.24, 2.45) is 5.41 Å². The molecular weight excluding hydrogens is 197 g/mol. The average Bonchev–Trinajstić information content (AvgIpc) is 3.11. The number of hydrogen-bond donors (Lipinski definition) is 2. The van der Waals surface area contributed by atoms with Crippen molar-refractivity contribution in [3.8, 4) is 0 Å². The van der Waals surface area contributed by atoms with E-state index in [1.54, 1.807) is 0 Å². The Bertz CT molecular complexity index is 411. The highest BCUT2D eigenvalue weighted by molar-refractivity contribution is 5.40. The molecule has 1 aromatic rings. The van der Waals surface area contributed by atoms with Crippen molar-refractivity contribution in [2.45, 2.75) is 31.7 Å². The van der Waals surface area contributed by atoms with Gasteiger partial charge in [-0.2, -0.15) is 5.10 Å². The van der Waals surface area contributed by atoms with Crippen LogP contribution < -0.4 is 5.73 Å². The molecule has 3 rings (SSSR count). The lowest BCUT2D eigenvalue weighted by Gasteiger charge is -1.98. The first-order chi connectivity index (χ1) is 7.18. The van der Waals surface area contributed by atoms with E-state index in [1.807, 2.05) is 0 Å². The number of aliphatic hydroxyl groups excluding tert-OH is 1. The van der Waals surface area contributed by atoms with Crippen LogP contribution in [0.25, 0.3) is 0 Å². The molecular formula is C10H14FN3O. The van der Waals surface area contributed by atoms with Crippen LogP contribution in [0.5, 0.6) is 0 Å². The first-order valence-corrected chi connectivity index (χ1v) is 5.30. The van der Waals surface area contributed by atoms with E-state index in [-0.39, 0.29) is 30.7 Å². The van der Waals surface area contributed by atoms with Crippen LogP contribution in [0, 0.1) is 11.2 Å². The highest BCUT2D eigenvalue weighted by atomic mass is 19.1. The predicted molar refractivity (Wildman–Crippen MR) is 52.7 cm³/mol. The highest BCUT2D eigenvalue weighted by Gasteiger charge is 2.64. The molecule has 1 aromatic heterocycles. The van der Waals surface area contributed by atoms with Crippen molar-refractivity contribution >= 4 is 5.82 Å². The Balaban J connectivity index is 1.91. The van der Waals surface area contributed by atoms with E-state index in [0.717, 1.165) is 6.42 Å². The third-order valence-corrected chi connectivity index (χ3v) is 3.68. The lowest BCUT2D eigenvalue weighted by atomic mass is 10.2. The molecule has 1 atom stereocenters. The van der Waals surface area contributed by atoms with Gasteiger partial charge in [0.2, 0.25) is 0 Å². The van der Waals surface area contributed by atoms with Gasteiger partial charge in [-0.05, 0) is 24.7 Å². The Hall–Kier alpha value is -1.10. The number of nitrogen functional groups attached to an aromatic ring is 1. The third-order valence-electron chi connectivity index (χ3n) is 3.68. The molecule has 0 amide bonds. The molecule has 2 aliphatic rings. The average molecular weight is 211 g/mol. The molecule has 0 aliphatic heterocycles. The SMILES string of the molecule is Nc1c(F)c(C2CC23CC3)nn1CCO. The summed E-state index contributed by atoms with van der Waals surface area (Å²) >= 11 is 0. The fourth-order valence-corrected chi connectivity index (χ4v) is 2.41. The third kappa shape index (κ3) is 1.19. The van der Waals surface area contributed by atoms with Gasteiger partial charge >= 0.3 is 0 Å². The van der Waals surface area contributed by atoms with Crippen molar-refractivity contribution in [1.29, 1.82) is 0 Å². The number of aromatic nitrogens is 2. The molecule has 0 aromatic carbocycles. The summed E-state index contributed by atoms with van der Waals surface area (Å²) in [5, 5.41) is 12.9. The van der Waals surface area contributed by atoms with Crippen LogP contribution in [0.1, 0.15) is 30.9 Å². The maximum absolute atomic E-state index is 13.7. The molecule has 82 valence electrons. The normalized spacial score (nSPS) is 25.9. The Morgan fingerprint density at radius 3 is 2.87 bits per heavy atom. The van der Waals surface area contributed by atoms with Crippen LogP contribution in [0.3, 0.4) is 0 Å². The van der Waals surface area contributed by atoms with Gasteiger partial charge in [-0.15, -0.1) is 0 Å². The van der Waals surface area contributed by atoms with Crippen LogP contribution in [0.2, 0.25) is 0 Å². The molecule has 4 nitrogen and oxygen atoms in total. The van der Waals surface area contributed by atoms with Gasteiger partial charge in [-0.1, -0.05) is 0 Å². The van der Waals surface area contributed by atoms with Gasteiger partial charge < -0.3 is 10.8 Å². The van der Waals surface area contributed by atoms with Crippen molar-refractivity contribution in [1.82, 2.24) is 9.78 Å². The second-order valence-corrected chi connectivity index (χ2v) is 4.65. The van der Waals surface area contributed by atoms with Crippen LogP contribution in [0.15, 0.2) is 0 Å². The summed E-state index contributed by atoms with van der Waals surface area (Å²) in [5.41, 5.74) is 6.47. The number of anilines is 1. The van der Waals surface area contributed by atoms with Gasteiger partial charge in [-0.3, -0.25) is 0 Å². The van der Waals surface area contributed by atoms with Crippen molar-refractivity contribution < 1.29 is 9.50 Å². The maximum Gasteiger partial charge on any atom is 0.188 e. The molecule has 2 fully saturated rings. The van der Waals surface area contributed by atoms with E-state index in [2.05, 4.69) is 5.10 Å². The summed E-state index contributed by atoms with van der Waals surface area (Å²) < 4.78 is 15.1. The number of aliphatic hydroxyl groups is 1. The second-order valence-electron chi connectivity index (χ2n) is 4.65. The first-order valence-electron chi connectivity index (χ1n) is 5.30. The van der Waals surface area contributed by atoms with E-state index in [9.17, 15) is 4.39 Å². The standard InChI is InChI=1S/C10H14FN3O/c11-7-8(6-5-10(6)1-2-10)13-14(3-4-15)9(7)12/h6,15H,1-5,12H2. The minimum atomic E-state index is -0.378.